The molecule has 1 aliphatic heterocycles. The molecule has 112 valence electrons. The van der Waals surface area contributed by atoms with E-state index in [-0.39, 0.29) is 6.79 Å². The fourth-order valence-corrected chi connectivity index (χ4v) is 2.30. The van der Waals surface area contributed by atoms with Crippen LogP contribution in [0.4, 0.5) is 0 Å². The van der Waals surface area contributed by atoms with Crippen LogP contribution in [-0.2, 0) is 13.0 Å². The van der Waals surface area contributed by atoms with Crippen molar-refractivity contribution in [1.29, 1.82) is 0 Å². The second-order valence-electron chi connectivity index (χ2n) is 4.85. The number of imidazole rings is 1. The first-order valence-corrected chi connectivity index (χ1v) is 7.08. The van der Waals surface area contributed by atoms with E-state index in [2.05, 4.69) is 4.98 Å². The molecule has 0 radical (unpaired) electrons. The van der Waals surface area contributed by atoms with E-state index in [1.54, 1.807) is 12.5 Å². The predicted molar refractivity (Wildman–Crippen MR) is 77.7 cm³/mol. The maximum absolute atomic E-state index is 5.89. The Morgan fingerprint density at radius 2 is 2.14 bits per heavy atom. The van der Waals surface area contributed by atoms with Crippen LogP contribution in [0.15, 0.2) is 30.9 Å². The van der Waals surface area contributed by atoms with Crippen molar-refractivity contribution >= 4 is 0 Å². The van der Waals surface area contributed by atoms with Gasteiger partial charge in [-0.1, -0.05) is 0 Å². The molecule has 1 aromatic heterocycles. The molecule has 0 saturated heterocycles. The van der Waals surface area contributed by atoms with Gasteiger partial charge >= 0.3 is 0 Å². The first-order valence-electron chi connectivity index (χ1n) is 7.08. The van der Waals surface area contributed by atoms with Crippen molar-refractivity contribution in [2.45, 2.75) is 19.4 Å². The Kier molecular flexibility index (Phi) is 4.25. The van der Waals surface area contributed by atoms with Gasteiger partial charge in [0.15, 0.2) is 11.5 Å². The Balaban J connectivity index is 1.60. The third-order valence-electron chi connectivity index (χ3n) is 3.35. The molecule has 3 rings (SSSR count). The molecule has 2 heterocycles. The number of aryl methyl sites for hydroxylation is 1. The summed E-state index contributed by atoms with van der Waals surface area (Å²) in [4.78, 5) is 4.01. The van der Waals surface area contributed by atoms with E-state index in [1.165, 1.54) is 0 Å². The third kappa shape index (κ3) is 3.28. The highest BCUT2D eigenvalue weighted by atomic mass is 16.7. The fraction of sp³-hybridized carbons (Fsp3) is 0.400. The van der Waals surface area contributed by atoms with Crippen LogP contribution < -0.4 is 19.9 Å². The molecule has 0 aliphatic carbocycles. The van der Waals surface area contributed by atoms with Crippen molar-refractivity contribution < 1.29 is 14.2 Å². The number of rotatable bonds is 7. The van der Waals surface area contributed by atoms with Crippen LogP contribution in [0.3, 0.4) is 0 Å². The van der Waals surface area contributed by atoms with Crippen LogP contribution in [-0.4, -0.2) is 29.5 Å². The average Bonchev–Trinajstić information content (AvgIpc) is 3.14. The molecule has 0 amide bonds. The van der Waals surface area contributed by atoms with Gasteiger partial charge < -0.3 is 24.5 Å². The molecule has 0 atom stereocenters. The van der Waals surface area contributed by atoms with Gasteiger partial charge in [0.1, 0.15) is 5.75 Å². The van der Waals surface area contributed by atoms with Gasteiger partial charge in [0.25, 0.3) is 0 Å². The van der Waals surface area contributed by atoms with Gasteiger partial charge in [-0.3, -0.25) is 0 Å². The predicted octanol–water partition coefficient (Wildman–Crippen LogP) is 1.58. The molecule has 0 fully saturated rings. The zero-order valence-corrected chi connectivity index (χ0v) is 11.8. The molecule has 1 aliphatic rings. The van der Waals surface area contributed by atoms with Gasteiger partial charge in [0.05, 0.1) is 12.9 Å². The van der Waals surface area contributed by atoms with Crippen LogP contribution >= 0.6 is 0 Å². The van der Waals surface area contributed by atoms with Gasteiger partial charge in [0.2, 0.25) is 6.79 Å². The van der Waals surface area contributed by atoms with Crippen molar-refractivity contribution in [3.63, 3.8) is 0 Å². The van der Waals surface area contributed by atoms with E-state index in [0.717, 1.165) is 42.2 Å². The number of hydrogen-bond donors (Lipinski definition) is 1. The summed E-state index contributed by atoms with van der Waals surface area (Å²) in [6.45, 7) is 2.36. The second-order valence-corrected chi connectivity index (χ2v) is 4.85. The van der Waals surface area contributed by atoms with Crippen molar-refractivity contribution in [2.75, 3.05) is 19.9 Å². The number of benzene rings is 1. The lowest BCUT2D eigenvalue weighted by atomic mass is 10.1. The van der Waals surface area contributed by atoms with E-state index in [4.69, 9.17) is 19.9 Å². The van der Waals surface area contributed by atoms with Crippen molar-refractivity contribution in [2.24, 2.45) is 5.73 Å². The SMILES string of the molecule is NCCc1cc2c(cc1OCCCn1ccnc1)OCO2. The summed E-state index contributed by atoms with van der Waals surface area (Å²) in [5.41, 5.74) is 6.72. The van der Waals surface area contributed by atoms with E-state index < -0.39 is 0 Å². The molecular weight excluding hydrogens is 270 g/mol. The van der Waals surface area contributed by atoms with E-state index >= 15 is 0 Å². The Hall–Kier alpha value is -2.21. The lowest BCUT2D eigenvalue weighted by Crippen LogP contribution is -2.07. The highest BCUT2D eigenvalue weighted by molar-refractivity contribution is 5.52. The van der Waals surface area contributed by atoms with Gasteiger partial charge in [-0.05, 0) is 31.0 Å². The summed E-state index contributed by atoms with van der Waals surface area (Å²) < 4.78 is 18.7. The number of hydrogen-bond acceptors (Lipinski definition) is 5. The lowest BCUT2D eigenvalue weighted by molar-refractivity contribution is 0.173. The van der Waals surface area contributed by atoms with Gasteiger partial charge in [0, 0.05) is 25.0 Å². The van der Waals surface area contributed by atoms with Crippen LogP contribution in [0.5, 0.6) is 17.2 Å². The number of nitrogens with zero attached hydrogens (tertiary/aromatic N) is 2. The molecular formula is C15H19N3O3. The summed E-state index contributed by atoms with van der Waals surface area (Å²) in [6.07, 6.45) is 7.19. The Labute approximate surface area is 123 Å². The molecule has 6 heteroatoms. The molecule has 0 unspecified atom stereocenters. The fourth-order valence-electron chi connectivity index (χ4n) is 2.30. The van der Waals surface area contributed by atoms with Crippen molar-refractivity contribution in [1.82, 2.24) is 9.55 Å². The maximum atomic E-state index is 5.89. The van der Waals surface area contributed by atoms with Crippen LogP contribution in [0.2, 0.25) is 0 Å². The zero-order chi connectivity index (χ0) is 14.5. The Bertz CT molecular complexity index is 584. The quantitative estimate of drug-likeness (QED) is 0.784. The molecule has 0 spiro atoms. The monoisotopic (exact) mass is 289 g/mol. The minimum absolute atomic E-state index is 0.265. The van der Waals surface area contributed by atoms with Gasteiger partial charge in [-0.25, -0.2) is 4.98 Å². The standard InChI is InChI=1S/C15H19N3O3/c16-3-2-12-8-14-15(21-11-20-14)9-13(12)19-7-1-5-18-6-4-17-10-18/h4,6,8-10H,1-3,5,7,11,16H2. The summed E-state index contributed by atoms with van der Waals surface area (Å²) in [7, 11) is 0. The normalized spacial score (nSPS) is 12.6. The maximum Gasteiger partial charge on any atom is 0.231 e. The van der Waals surface area contributed by atoms with E-state index in [9.17, 15) is 0 Å². The molecule has 0 bridgehead atoms. The molecule has 1 aromatic carbocycles. The topological polar surface area (TPSA) is 71.5 Å². The van der Waals surface area contributed by atoms with Crippen molar-refractivity contribution in [3.8, 4) is 17.2 Å². The molecule has 2 N–H and O–H groups in total. The first-order chi connectivity index (χ1) is 10.4. The van der Waals surface area contributed by atoms with E-state index in [1.807, 2.05) is 22.9 Å². The Morgan fingerprint density at radius 1 is 1.29 bits per heavy atom. The van der Waals surface area contributed by atoms with Crippen LogP contribution in [0, 0.1) is 0 Å². The van der Waals surface area contributed by atoms with Crippen LogP contribution in [0.1, 0.15) is 12.0 Å². The van der Waals surface area contributed by atoms with Gasteiger partial charge in [-0.15, -0.1) is 0 Å². The first kappa shape index (κ1) is 13.8. The zero-order valence-electron chi connectivity index (χ0n) is 11.8. The minimum Gasteiger partial charge on any atom is -0.493 e. The summed E-state index contributed by atoms with van der Waals surface area (Å²) in [5.74, 6) is 2.33. The third-order valence-corrected chi connectivity index (χ3v) is 3.35. The molecule has 2 aromatic rings. The molecule has 21 heavy (non-hydrogen) atoms. The lowest BCUT2D eigenvalue weighted by Gasteiger charge is -2.12. The average molecular weight is 289 g/mol. The summed E-state index contributed by atoms with van der Waals surface area (Å²) in [6, 6.07) is 3.85. The highest BCUT2D eigenvalue weighted by Gasteiger charge is 2.17. The van der Waals surface area contributed by atoms with E-state index in [0.29, 0.717) is 13.2 Å². The largest absolute Gasteiger partial charge is 0.493 e. The number of ether oxygens (including phenoxy) is 3. The summed E-state index contributed by atoms with van der Waals surface area (Å²) >= 11 is 0. The van der Waals surface area contributed by atoms with Crippen molar-refractivity contribution in [3.05, 3.63) is 36.4 Å². The molecule has 6 nitrogen and oxygen atoms in total. The smallest absolute Gasteiger partial charge is 0.231 e. The molecule has 0 saturated carbocycles. The number of nitrogens with two attached hydrogens (primary N) is 1. The Morgan fingerprint density at radius 3 is 2.90 bits per heavy atom. The highest BCUT2D eigenvalue weighted by Crippen LogP contribution is 2.38. The van der Waals surface area contributed by atoms with Crippen LogP contribution in [0.25, 0.3) is 0 Å². The second kappa shape index (κ2) is 6.49. The number of fused-ring (bicyclic) bond motifs is 1. The minimum atomic E-state index is 0.265. The summed E-state index contributed by atoms with van der Waals surface area (Å²) in [5, 5.41) is 0. The number of aromatic nitrogens is 2. The van der Waals surface area contributed by atoms with Gasteiger partial charge in [-0.2, -0.15) is 0 Å².